The maximum atomic E-state index is 11.0. The fourth-order valence-electron chi connectivity index (χ4n) is 1.13. The third kappa shape index (κ3) is 1.37. The maximum Gasteiger partial charge on any atom is 0.168 e. The summed E-state index contributed by atoms with van der Waals surface area (Å²) in [5.74, 6) is 0.0226. The average Bonchev–Trinajstić information content (AvgIpc) is 2.47. The Bertz CT molecular complexity index is 475. The van der Waals surface area contributed by atoms with Crippen molar-refractivity contribution in [2.75, 3.05) is 0 Å². The van der Waals surface area contributed by atoms with Crippen LogP contribution < -0.4 is 0 Å². The van der Waals surface area contributed by atoms with Crippen LogP contribution in [0.15, 0.2) is 27.3 Å². The van der Waals surface area contributed by atoms with Crippen molar-refractivity contribution >= 4 is 32.7 Å². The van der Waals surface area contributed by atoms with Crippen LogP contribution in [-0.4, -0.2) is 10.9 Å². The minimum atomic E-state index is 0.0226. The van der Waals surface area contributed by atoms with Gasteiger partial charge in [-0.15, -0.1) is 0 Å². The van der Waals surface area contributed by atoms with Crippen molar-refractivity contribution in [3.05, 3.63) is 28.4 Å². The molecule has 0 saturated carbocycles. The van der Waals surface area contributed by atoms with Gasteiger partial charge in [0, 0.05) is 5.56 Å². The van der Waals surface area contributed by atoms with Crippen LogP contribution in [0.1, 0.15) is 17.3 Å². The molecule has 1 heterocycles. The molecule has 3 nitrogen and oxygen atoms in total. The van der Waals surface area contributed by atoms with Gasteiger partial charge in [-0.3, -0.25) is 4.79 Å². The Hall–Kier alpha value is -1.16. The number of halogens is 1. The van der Waals surface area contributed by atoms with Crippen LogP contribution in [-0.2, 0) is 0 Å². The Morgan fingerprint density at radius 1 is 1.54 bits per heavy atom. The topological polar surface area (TPSA) is 43.1 Å². The van der Waals surface area contributed by atoms with Crippen LogP contribution in [0.4, 0.5) is 0 Å². The van der Waals surface area contributed by atoms with Gasteiger partial charge in [0.2, 0.25) is 0 Å². The van der Waals surface area contributed by atoms with Gasteiger partial charge in [-0.2, -0.15) is 0 Å². The van der Waals surface area contributed by atoms with Crippen molar-refractivity contribution in [2.24, 2.45) is 0 Å². The molecule has 0 amide bonds. The first-order valence-corrected chi connectivity index (χ1v) is 4.53. The van der Waals surface area contributed by atoms with E-state index in [2.05, 4.69) is 21.1 Å². The molecule has 13 heavy (non-hydrogen) atoms. The molecule has 0 atom stereocenters. The highest BCUT2D eigenvalue weighted by molar-refractivity contribution is 9.10. The number of ketones is 1. The Labute approximate surface area is 82.8 Å². The Balaban J connectivity index is 2.70. The standard InChI is InChI=1S/C9H6BrNO2/c1-5(12)6-2-3-7-8(4-6)13-11-9(7)10/h2-4H,1H3. The van der Waals surface area contributed by atoms with Gasteiger partial charge in [0.1, 0.15) is 0 Å². The highest BCUT2D eigenvalue weighted by Gasteiger charge is 2.07. The number of rotatable bonds is 1. The summed E-state index contributed by atoms with van der Waals surface area (Å²) in [4.78, 5) is 11.0. The first kappa shape index (κ1) is 8.44. The fourth-order valence-corrected chi connectivity index (χ4v) is 1.53. The number of nitrogens with zero attached hydrogens (tertiary/aromatic N) is 1. The number of fused-ring (bicyclic) bond motifs is 1. The van der Waals surface area contributed by atoms with E-state index in [0.717, 1.165) is 5.39 Å². The third-order valence-electron chi connectivity index (χ3n) is 1.83. The van der Waals surface area contributed by atoms with E-state index in [1.54, 1.807) is 12.1 Å². The average molecular weight is 240 g/mol. The van der Waals surface area contributed by atoms with Crippen molar-refractivity contribution < 1.29 is 9.32 Å². The molecule has 0 aliphatic rings. The molecule has 0 saturated heterocycles. The lowest BCUT2D eigenvalue weighted by atomic mass is 10.1. The number of aromatic nitrogens is 1. The Kier molecular flexibility index (Phi) is 1.92. The predicted molar refractivity (Wildman–Crippen MR) is 51.7 cm³/mol. The summed E-state index contributed by atoms with van der Waals surface area (Å²) in [5.41, 5.74) is 1.26. The number of hydrogen-bond donors (Lipinski definition) is 0. The number of hydrogen-bond acceptors (Lipinski definition) is 3. The highest BCUT2D eigenvalue weighted by Crippen LogP contribution is 2.23. The quantitative estimate of drug-likeness (QED) is 0.719. The van der Waals surface area contributed by atoms with Gasteiger partial charge < -0.3 is 4.52 Å². The molecule has 0 radical (unpaired) electrons. The molecule has 2 aromatic rings. The Morgan fingerprint density at radius 2 is 2.31 bits per heavy atom. The predicted octanol–water partition coefficient (Wildman–Crippen LogP) is 2.79. The van der Waals surface area contributed by atoms with E-state index in [0.29, 0.717) is 15.7 Å². The zero-order valence-corrected chi connectivity index (χ0v) is 8.46. The first-order chi connectivity index (χ1) is 6.18. The lowest BCUT2D eigenvalue weighted by Gasteiger charge is -1.92. The van der Waals surface area contributed by atoms with E-state index in [9.17, 15) is 4.79 Å². The summed E-state index contributed by atoms with van der Waals surface area (Å²) < 4.78 is 5.65. The van der Waals surface area contributed by atoms with Crippen LogP contribution in [0, 0.1) is 0 Å². The molecule has 2 rings (SSSR count). The molecule has 66 valence electrons. The van der Waals surface area contributed by atoms with Gasteiger partial charge >= 0.3 is 0 Å². The van der Waals surface area contributed by atoms with Crippen molar-refractivity contribution in [3.63, 3.8) is 0 Å². The van der Waals surface area contributed by atoms with Gasteiger partial charge in [0.05, 0.1) is 5.39 Å². The molecule has 4 heteroatoms. The summed E-state index contributed by atoms with van der Waals surface area (Å²) in [6, 6.07) is 5.26. The maximum absolute atomic E-state index is 11.0. The largest absolute Gasteiger partial charge is 0.355 e. The smallest absolute Gasteiger partial charge is 0.168 e. The van der Waals surface area contributed by atoms with Crippen LogP contribution in [0.2, 0.25) is 0 Å². The lowest BCUT2D eigenvalue weighted by molar-refractivity contribution is 0.101. The number of Topliss-reactive ketones (excluding diaryl/α,β-unsaturated/α-hetero) is 1. The fraction of sp³-hybridized carbons (Fsp3) is 0.111. The normalized spacial score (nSPS) is 10.6. The summed E-state index contributed by atoms with van der Waals surface area (Å²) >= 11 is 3.24. The van der Waals surface area contributed by atoms with Crippen molar-refractivity contribution in [3.8, 4) is 0 Å². The molecule has 1 aromatic carbocycles. The van der Waals surface area contributed by atoms with Crippen molar-refractivity contribution in [1.29, 1.82) is 0 Å². The molecule has 0 bridgehead atoms. The van der Waals surface area contributed by atoms with E-state index in [1.807, 2.05) is 6.07 Å². The summed E-state index contributed by atoms with van der Waals surface area (Å²) in [7, 11) is 0. The molecule has 0 aliphatic carbocycles. The van der Waals surface area contributed by atoms with Crippen LogP contribution >= 0.6 is 15.9 Å². The molecular weight excluding hydrogens is 234 g/mol. The Morgan fingerprint density at radius 3 is 3.00 bits per heavy atom. The summed E-state index contributed by atoms with van der Waals surface area (Å²) in [6.45, 7) is 1.52. The number of benzene rings is 1. The molecule has 0 spiro atoms. The van der Waals surface area contributed by atoms with Gasteiger partial charge in [0.25, 0.3) is 0 Å². The molecule has 0 fully saturated rings. The highest BCUT2D eigenvalue weighted by atomic mass is 79.9. The van der Waals surface area contributed by atoms with Crippen molar-refractivity contribution in [2.45, 2.75) is 6.92 Å². The van der Waals surface area contributed by atoms with E-state index in [-0.39, 0.29) is 5.78 Å². The van der Waals surface area contributed by atoms with E-state index < -0.39 is 0 Å². The summed E-state index contributed by atoms with van der Waals surface area (Å²) in [6.07, 6.45) is 0. The minimum Gasteiger partial charge on any atom is -0.355 e. The monoisotopic (exact) mass is 239 g/mol. The van der Waals surface area contributed by atoms with E-state index in [4.69, 9.17) is 4.52 Å². The molecular formula is C9H6BrNO2. The molecule has 0 unspecified atom stereocenters. The van der Waals surface area contributed by atoms with Crippen LogP contribution in [0.25, 0.3) is 11.0 Å². The molecule has 1 aromatic heterocycles. The lowest BCUT2D eigenvalue weighted by Crippen LogP contribution is -1.89. The minimum absolute atomic E-state index is 0.0226. The number of carbonyl (C=O) groups excluding carboxylic acids is 1. The molecule has 0 N–H and O–H groups in total. The summed E-state index contributed by atoms with van der Waals surface area (Å²) in [5, 5.41) is 4.61. The molecule has 0 aliphatic heterocycles. The second-order valence-corrected chi connectivity index (χ2v) is 3.49. The zero-order valence-electron chi connectivity index (χ0n) is 6.87. The van der Waals surface area contributed by atoms with Gasteiger partial charge in [-0.05, 0) is 35.0 Å². The van der Waals surface area contributed by atoms with Crippen molar-refractivity contribution in [1.82, 2.24) is 5.16 Å². The van der Waals surface area contributed by atoms with Gasteiger partial charge in [-0.1, -0.05) is 11.2 Å². The van der Waals surface area contributed by atoms with E-state index in [1.165, 1.54) is 6.92 Å². The van der Waals surface area contributed by atoms with Gasteiger partial charge in [-0.25, -0.2) is 0 Å². The number of carbonyl (C=O) groups is 1. The van der Waals surface area contributed by atoms with Crippen LogP contribution in [0.3, 0.4) is 0 Å². The zero-order chi connectivity index (χ0) is 9.42. The SMILES string of the molecule is CC(=O)c1ccc2c(Br)noc2c1. The first-order valence-electron chi connectivity index (χ1n) is 3.74. The second-order valence-electron chi connectivity index (χ2n) is 2.74. The third-order valence-corrected chi connectivity index (χ3v) is 2.41. The second kappa shape index (κ2) is 2.96. The van der Waals surface area contributed by atoms with Gasteiger partial charge in [0.15, 0.2) is 16.0 Å². The van der Waals surface area contributed by atoms with E-state index >= 15 is 0 Å². The van der Waals surface area contributed by atoms with Crippen LogP contribution in [0.5, 0.6) is 0 Å².